The Hall–Kier alpha value is -1.45. The quantitative estimate of drug-likeness (QED) is 0.834. The molecule has 0 saturated carbocycles. The lowest BCUT2D eigenvalue weighted by Crippen LogP contribution is -2.29. The van der Waals surface area contributed by atoms with Crippen molar-refractivity contribution < 1.29 is 12.8 Å². The van der Waals surface area contributed by atoms with Crippen molar-refractivity contribution in [2.75, 3.05) is 13.6 Å². The number of hydrogen-bond donors (Lipinski definition) is 0. The molecule has 0 aliphatic heterocycles. The zero-order chi connectivity index (χ0) is 14.6. The predicted molar refractivity (Wildman–Crippen MR) is 70.4 cm³/mol. The molecule has 0 heterocycles. The van der Waals surface area contributed by atoms with Crippen LogP contribution in [-0.2, 0) is 10.0 Å². The molecule has 0 bridgehead atoms. The number of sulfonamides is 1. The van der Waals surface area contributed by atoms with Gasteiger partial charge in [-0.05, 0) is 24.5 Å². The van der Waals surface area contributed by atoms with Gasteiger partial charge in [-0.25, -0.2) is 17.1 Å². The first-order chi connectivity index (χ1) is 8.80. The van der Waals surface area contributed by atoms with Crippen LogP contribution in [0, 0.1) is 23.1 Å². The number of nitriles is 1. The molecule has 1 aromatic carbocycles. The highest BCUT2D eigenvalue weighted by Gasteiger charge is 2.25. The molecular weight excluding hydrogens is 267 g/mol. The smallest absolute Gasteiger partial charge is 0.207 e. The van der Waals surface area contributed by atoms with Crippen LogP contribution in [0.1, 0.15) is 25.8 Å². The molecule has 0 aliphatic rings. The van der Waals surface area contributed by atoms with Crippen LogP contribution in [0.2, 0.25) is 0 Å². The fraction of sp³-hybridized carbons (Fsp3) is 0.462. The van der Waals surface area contributed by atoms with Gasteiger partial charge in [0.25, 0.3) is 0 Å². The topological polar surface area (TPSA) is 61.2 Å². The normalized spacial score (nSPS) is 11.8. The Morgan fingerprint density at radius 2 is 2.05 bits per heavy atom. The van der Waals surface area contributed by atoms with Gasteiger partial charge < -0.3 is 0 Å². The van der Waals surface area contributed by atoms with Gasteiger partial charge in [-0.2, -0.15) is 5.26 Å². The molecule has 4 nitrogen and oxygen atoms in total. The lowest BCUT2D eigenvalue weighted by Gasteiger charge is -2.18. The fourth-order valence-electron chi connectivity index (χ4n) is 1.56. The number of hydrogen-bond acceptors (Lipinski definition) is 3. The summed E-state index contributed by atoms with van der Waals surface area (Å²) < 4.78 is 39.2. The minimum atomic E-state index is -3.83. The summed E-state index contributed by atoms with van der Waals surface area (Å²) in [6, 6.07) is 5.23. The van der Waals surface area contributed by atoms with Crippen LogP contribution in [0.15, 0.2) is 23.1 Å². The Bertz CT molecular complexity index is 591. The van der Waals surface area contributed by atoms with Crippen LogP contribution in [0.5, 0.6) is 0 Å². The lowest BCUT2D eigenvalue weighted by atomic mass is 10.1. The average molecular weight is 284 g/mol. The number of nitrogens with zero attached hydrogens (tertiary/aromatic N) is 2. The summed E-state index contributed by atoms with van der Waals surface area (Å²) in [6.45, 7) is 4.31. The van der Waals surface area contributed by atoms with E-state index in [2.05, 4.69) is 0 Å². The third-order valence-corrected chi connectivity index (χ3v) is 4.70. The van der Waals surface area contributed by atoms with Gasteiger partial charge in [-0.1, -0.05) is 19.9 Å². The standard InChI is InChI=1S/C13H17FN2O2S/c1-10(2)7-8-16(3)19(17,18)13-6-4-5-12(14)11(13)9-15/h4-6,10H,7-8H2,1-3H3. The second kappa shape index (κ2) is 6.13. The number of halogens is 1. The van der Waals surface area contributed by atoms with Gasteiger partial charge in [-0.15, -0.1) is 0 Å². The van der Waals surface area contributed by atoms with Crippen molar-refractivity contribution in [1.82, 2.24) is 4.31 Å². The summed E-state index contributed by atoms with van der Waals surface area (Å²) in [4.78, 5) is -0.277. The third kappa shape index (κ3) is 3.52. The van der Waals surface area contributed by atoms with E-state index in [0.29, 0.717) is 18.9 Å². The molecule has 0 atom stereocenters. The highest BCUT2D eigenvalue weighted by Crippen LogP contribution is 2.21. The Kier molecular flexibility index (Phi) is 5.04. The summed E-state index contributed by atoms with van der Waals surface area (Å²) in [5.74, 6) is -0.457. The summed E-state index contributed by atoms with van der Waals surface area (Å²) in [6.07, 6.45) is 0.701. The summed E-state index contributed by atoms with van der Waals surface area (Å²) in [5, 5.41) is 8.89. The van der Waals surface area contributed by atoms with Crippen molar-refractivity contribution in [3.8, 4) is 6.07 Å². The minimum Gasteiger partial charge on any atom is -0.207 e. The summed E-state index contributed by atoms with van der Waals surface area (Å²) in [7, 11) is -2.39. The highest BCUT2D eigenvalue weighted by molar-refractivity contribution is 7.89. The predicted octanol–water partition coefficient (Wildman–Crippen LogP) is 2.36. The van der Waals surface area contributed by atoms with E-state index >= 15 is 0 Å². The van der Waals surface area contributed by atoms with Crippen molar-refractivity contribution in [3.05, 3.63) is 29.6 Å². The minimum absolute atomic E-state index is 0.277. The van der Waals surface area contributed by atoms with Crippen molar-refractivity contribution in [2.24, 2.45) is 5.92 Å². The van der Waals surface area contributed by atoms with E-state index < -0.39 is 21.4 Å². The maximum Gasteiger partial charge on any atom is 0.244 e. The van der Waals surface area contributed by atoms with Gasteiger partial charge in [0, 0.05) is 13.6 Å². The molecule has 0 spiro atoms. The molecule has 6 heteroatoms. The monoisotopic (exact) mass is 284 g/mol. The second-order valence-corrected chi connectivity index (χ2v) is 6.75. The Morgan fingerprint density at radius 1 is 1.42 bits per heavy atom. The Morgan fingerprint density at radius 3 is 2.58 bits per heavy atom. The van der Waals surface area contributed by atoms with Crippen molar-refractivity contribution in [2.45, 2.75) is 25.2 Å². The Labute approximate surface area is 113 Å². The van der Waals surface area contributed by atoms with Gasteiger partial charge in [0.2, 0.25) is 10.0 Å². The zero-order valence-electron chi connectivity index (χ0n) is 11.2. The van der Waals surface area contributed by atoms with E-state index in [1.165, 1.54) is 19.2 Å². The molecule has 0 radical (unpaired) electrons. The first-order valence-electron chi connectivity index (χ1n) is 5.95. The van der Waals surface area contributed by atoms with Gasteiger partial charge in [-0.3, -0.25) is 0 Å². The second-order valence-electron chi connectivity index (χ2n) is 4.73. The highest BCUT2D eigenvalue weighted by atomic mass is 32.2. The van der Waals surface area contributed by atoms with Crippen molar-refractivity contribution >= 4 is 10.0 Å². The number of rotatable bonds is 5. The maximum atomic E-state index is 13.5. The molecular formula is C13H17FN2O2S. The molecule has 0 aromatic heterocycles. The van der Waals surface area contributed by atoms with E-state index in [4.69, 9.17) is 5.26 Å². The largest absolute Gasteiger partial charge is 0.244 e. The van der Waals surface area contributed by atoms with Crippen LogP contribution >= 0.6 is 0 Å². The maximum absolute atomic E-state index is 13.5. The van der Waals surface area contributed by atoms with Crippen LogP contribution in [-0.4, -0.2) is 26.3 Å². The van der Waals surface area contributed by atoms with Crippen molar-refractivity contribution in [3.63, 3.8) is 0 Å². The molecule has 1 rings (SSSR count). The van der Waals surface area contributed by atoms with E-state index in [0.717, 1.165) is 10.4 Å². The molecule has 0 fully saturated rings. The van der Waals surface area contributed by atoms with Gasteiger partial charge in [0.05, 0.1) is 0 Å². The SMILES string of the molecule is CC(C)CCN(C)S(=O)(=O)c1cccc(F)c1C#N. The van der Waals surface area contributed by atoms with Crippen LogP contribution in [0.4, 0.5) is 4.39 Å². The summed E-state index contributed by atoms with van der Waals surface area (Å²) >= 11 is 0. The molecule has 0 unspecified atom stereocenters. The van der Waals surface area contributed by atoms with E-state index in [1.54, 1.807) is 6.07 Å². The zero-order valence-corrected chi connectivity index (χ0v) is 12.0. The molecule has 1 aromatic rings. The molecule has 0 aliphatic carbocycles. The van der Waals surface area contributed by atoms with Crippen LogP contribution in [0.25, 0.3) is 0 Å². The molecule has 19 heavy (non-hydrogen) atoms. The van der Waals surface area contributed by atoms with Crippen molar-refractivity contribution in [1.29, 1.82) is 5.26 Å². The Balaban J connectivity index is 3.15. The molecule has 104 valence electrons. The first kappa shape index (κ1) is 15.6. The van der Waals surface area contributed by atoms with Crippen LogP contribution in [0.3, 0.4) is 0 Å². The fourth-order valence-corrected chi connectivity index (χ4v) is 2.89. The van der Waals surface area contributed by atoms with Gasteiger partial charge in [0.15, 0.2) is 0 Å². The first-order valence-corrected chi connectivity index (χ1v) is 7.39. The third-order valence-electron chi connectivity index (χ3n) is 2.80. The van der Waals surface area contributed by atoms with Crippen LogP contribution < -0.4 is 0 Å². The number of benzene rings is 1. The van der Waals surface area contributed by atoms with E-state index in [9.17, 15) is 12.8 Å². The van der Waals surface area contributed by atoms with Gasteiger partial charge >= 0.3 is 0 Å². The summed E-state index contributed by atoms with van der Waals surface area (Å²) in [5.41, 5.74) is -0.432. The molecule has 0 amide bonds. The lowest BCUT2D eigenvalue weighted by molar-refractivity contribution is 0.427. The van der Waals surface area contributed by atoms with Gasteiger partial charge in [0.1, 0.15) is 22.3 Å². The molecule has 0 saturated heterocycles. The van der Waals surface area contributed by atoms with E-state index in [-0.39, 0.29) is 4.90 Å². The molecule has 0 N–H and O–H groups in total. The van der Waals surface area contributed by atoms with E-state index in [1.807, 2.05) is 13.8 Å². The average Bonchev–Trinajstić information content (AvgIpc) is 2.35.